The van der Waals surface area contributed by atoms with Gasteiger partial charge in [0.05, 0.1) is 0 Å². The number of benzene rings is 4. The van der Waals surface area contributed by atoms with Crippen molar-refractivity contribution >= 4 is 48.1 Å². The summed E-state index contributed by atoms with van der Waals surface area (Å²) >= 11 is -0.826. The van der Waals surface area contributed by atoms with E-state index in [9.17, 15) is 13.2 Å². The van der Waals surface area contributed by atoms with Gasteiger partial charge >= 0.3 is 44.1 Å². The van der Waals surface area contributed by atoms with Gasteiger partial charge in [0.1, 0.15) is 0 Å². The fourth-order valence-corrected chi connectivity index (χ4v) is 10.0. The predicted octanol–water partition coefficient (Wildman–Crippen LogP) is 19.2. The molecule has 0 saturated heterocycles. The van der Waals surface area contributed by atoms with Gasteiger partial charge in [0.25, 0.3) is 0 Å². The number of alkyl halides is 3. The van der Waals surface area contributed by atoms with Crippen LogP contribution >= 0.6 is 17.0 Å². The average Bonchev–Trinajstić information content (AvgIpc) is 3.92. The van der Waals surface area contributed by atoms with Crippen molar-refractivity contribution in [3.05, 3.63) is 131 Å². The fraction of sp³-hybridized carbons (Fsp3) is 0.464. The molecule has 0 N–H and O–H groups in total. The minimum atomic E-state index is -3.94. The van der Waals surface area contributed by atoms with Gasteiger partial charge in [0.2, 0.25) is 0 Å². The van der Waals surface area contributed by atoms with Crippen LogP contribution in [0.3, 0.4) is 0 Å². The number of fused-ring (bicyclic) bond motifs is 2. The second kappa shape index (κ2) is 26.6. The Balaban J connectivity index is 0.000000193. The first-order valence-electron chi connectivity index (χ1n) is 23.7. The van der Waals surface area contributed by atoms with E-state index < -0.39 is 33.4 Å². The first-order chi connectivity index (χ1) is 30.5. The molecule has 8 rings (SSSR count). The van der Waals surface area contributed by atoms with Crippen molar-refractivity contribution in [2.24, 2.45) is 11.8 Å². The molecule has 336 valence electrons. The summed E-state index contributed by atoms with van der Waals surface area (Å²) in [6, 6.07) is 42.1. The van der Waals surface area contributed by atoms with E-state index in [0.717, 1.165) is 11.8 Å². The standard InChI is InChI=1S/2C26H31.C4H7F3Si.2ClH.Zr/c2*1-3-19(2)22-12-14-23(15-13-22)25-11-7-10-24-17-21(18-26(24)25)16-20-8-5-4-6-9-20;1-8-3-2-4(5,6)7;;;/h2*7,10-15,17-20H,3-6,8-9,16H2,1-2H3;2-3H2,1H3;2*1H;/q2*-1;;;;+4/p-2. The van der Waals surface area contributed by atoms with Crippen LogP contribution in [-0.4, -0.2) is 15.7 Å². The van der Waals surface area contributed by atoms with Crippen molar-refractivity contribution in [2.75, 3.05) is 0 Å². The van der Waals surface area contributed by atoms with Crippen molar-refractivity contribution in [3.8, 4) is 22.3 Å². The molecule has 2 saturated carbocycles. The molecule has 0 aromatic heterocycles. The molecule has 2 aliphatic rings. The van der Waals surface area contributed by atoms with Crippen LogP contribution in [0.2, 0.25) is 12.6 Å². The second-order valence-corrected chi connectivity index (χ2v) is 23.1. The molecule has 7 heteroatoms. The Morgan fingerprint density at radius 1 is 0.619 bits per heavy atom. The zero-order valence-corrected chi connectivity index (χ0v) is 43.4. The SMILES string of the molecule is CCC(C)c1ccc(-c2cccc3[cH-]c(CC4CCCCC4)cc23)cc1.CCC(C)c1ccc(-c2cccc3[cH-]c(CC4CCCCC4)cc23)cc1.C[Si]CCC(F)(F)F.[Cl][Zr+2][Cl]. The molecule has 63 heavy (non-hydrogen) atoms. The summed E-state index contributed by atoms with van der Waals surface area (Å²) in [6.07, 6.45) is 14.6. The molecule has 2 unspecified atom stereocenters. The van der Waals surface area contributed by atoms with Gasteiger partial charge < -0.3 is 0 Å². The van der Waals surface area contributed by atoms with Crippen molar-refractivity contribution in [1.82, 2.24) is 0 Å². The van der Waals surface area contributed by atoms with Crippen molar-refractivity contribution in [1.29, 1.82) is 0 Å². The summed E-state index contributed by atoms with van der Waals surface area (Å²) in [6.45, 7) is 10.9. The van der Waals surface area contributed by atoms with Gasteiger partial charge in [0, 0.05) is 15.9 Å². The van der Waals surface area contributed by atoms with E-state index in [2.05, 4.69) is 137 Å². The summed E-state index contributed by atoms with van der Waals surface area (Å²) in [5.74, 6) is 3.08. The Bertz CT molecular complexity index is 2040. The van der Waals surface area contributed by atoms with Crippen LogP contribution in [0, 0.1) is 11.8 Å². The third-order valence-electron chi connectivity index (χ3n) is 13.6. The summed E-state index contributed by atoms with van der Waals surface area (Å²) in [5.41, 5.74) is 11.4. The van der Waals surface area contributed by atoms with Crippen LogP contribution in [0.15, 0.2) is 109 Å². The van der Waals surface area contributed by atoms with E-state index in [1.165, 1.54) is 156 Å². The van der Waals surface area contributed by atoms with Gasteiger partial charge in [-0.05, 0) is 71.6 Å². The summed E-state index contributed by atoms with van der Waals surface area (Å²) in [4.78, 5) is 0. The molecule has 2 aliphatic carbocycles. The van der Waals surface area contributed by atoms with Crippen LogP contribution < -0.4 is 0 Å². The molecule has 6 aromatic carbocycles. The Hall–Kier alpha value is -2.43. The molecule has 2 radical (unpaired) electrons. The Kier molecular flexibility index (Phi) is 21.8. The number of hydrogen-bond donors (Lipinski definition) is 0. The van der Waals surface area contributed by atoms with Gasteiger partial charge in [-0.1, -0.05) is 176 Å². The van der Waals surface area contributed by atoms with Crippen LogP contribution in [0.25, 0.3) is 43.8 Å². The normalized spacial score (nSPS) is 15.6. The molecule has 2 atom stereocenters. The molecular formula is C56H69Cl2F3SiZr. The average molecular weight is 989 g/mol. The zero-order valence-electron chi connectivity index (χ0n) is 38.4. The molecule has 0 spiro atoms. The van der Waals surface area contributed by atoms with Gasteiger partial charge in [-0.15, -0.1) is 69.1 Å². The molecule has 0 amide bonds. The van der Waals surface area contributed by atoms with E-state index >= 15 is 0 Å². The maximum atomic E-state index is 11.2. The summed E-state index contributed by atoms with van der Waals surface area (Å²) < 4.78 is 33.7. The Morgan fingerprint density at radius 3 is 1.32 bits per heavy atom. The molecule has 2 fully saturated rings. The van der Waals surface area contributed by atoms with Gasteiger partial charge in [-0.2, -0.15) is 25.3 Å². The third-order valence-corrected chi connectivity index (χ3v) is 14.3. The van der Waals surface area contributed by atoms with Crippen LogP contribution in [0.1, 0.15) is 145 Å². The molecule has 0 nitrogen and oxygen atoms in total. The Labute approximate surface area is 399 Å². The zero-order chi connectivity index (χ0) is 45.2. The summed E-state index contributed by atoms with van der Waals surface area (Å²) in [7, 11) is 10.3. The van der Waals surface area contributed by atoms with Crippen LogP contribution in [0.5, 0.6) is 0 Å². The van der Waals surface area contributed by atoms with E-state index in [4.69, 9.17) is 17.0 Å². The quantitative estimate of drug-likeness (QED) is 0.0847. The van der Waals surface area contributed by atoms with Gasteiger partial charge in [0.15, 0.2) is 0 Å². The first-order valence-corrected chi connectivity index (χ1v) is 31.7. The molecular weight excluding hydrogens is 920 g/mol. The van der Waals surface area contributed by atoms with E-state index in [1.807, 2.05) is 0 Å². The van der Waals surface area contributed by atoms with Crippen molar-refractivity contribution < 1.29 is 34.0 Å². The topological polar surface area (TPSA) is 0 Å². The molecule has 0 heterocycles. The van der Waals surface area contributed by atoms with E-state index in [0.29, 0.717) is 21.4 Å². The third kappa shape index (κ3) is 16.1. The minimum absolute atomic E-state index is 0.281. The number of hydrogen-bond acceptors (Lipinski definition) is 0. The van der Waals surface area contributed by atoms with Crippen molar-refractivity contribution in [2.45, 2.75) is 155 Å². The van der Waals surface area contributed by atoms with Crippen LogP contribution in [-0.2, 0) is 33.7 Å². The van der Waals surface area contributed by atoms with Gasteiger partial charge in [-0.3, -0.25) is 0 Å². The molecule has 6 aromatic rings. The fourth-order valence-electron chi connectivity index (χ4n) is 9.50. The number of rotatable bonds is 12. The van der Waals surface area contributed by atoms with Crippen LogP contribution in [0.4, 0.5) is 13.2 Å². The maximum absolute atomic E-state index is 11.2. The molecule has 0 bridgehead atoms. The van der Waals surface area contributed by atoms with Gasteiger partial charge in [-0.25, -0.2) is 0 Å². The molecule has 0 aliphatic heterocycles. The Morgan fingerprint density at radius 2 is 1.00 bits per heavy atom. The van der Waals surface area contributed by atoms with Crippen molar-refractivity contribution in [3.63, 3.8) is 0 Å². The summed E-state index contributed by atoms with van der Waals surface area (Å²) in [5, 5.41) is 5.66. The predicted molar refractivity (Wildman–Crippen MR) is 267 cm³/mol. The number of halogens is 5. The second-order valence-electron chi connectivity index (χ2n) is 18.2. The monoisotopic (exact) mass is 986 g/mol. The van der Waals surface area contributed by atoms with E-state index in [1.54, 1.807) is 6.55 Å². The first kappa shape index (κ1) is 51.6. The van der Waals surface area contributed by atoms with E-state index in [-0.39, 0.29) is 6.04 Å².